The fourth-order valence-electron chi connectivity index (χ4n) is 1.77. The van der Waals surface area contributed by atoms with E-state index in [0.29, 0.717) is 12.2 Å². The molecule has 0 bridgehead atoms. The van der Waals surface area contributed by atoms with Gasteiger partial charge in [-0.25, -0.2) is 4.39 Å². The lowest BCUT2D eigenvalue weighted by molar-refractivity contribution is -0.116. The Bertz CT molecular complexity index is 387. The number of hydrogen-bond acceptors (Lipinski definition) is 1. The van der Waals surface area contributed by atoms with Crippen LogP contribution in [0, 0.1) is 12.7 Å². The van der Waals surface area contributed by atoms with E-state index in [-0.39, 0.29) is 16.6 Å². The topological polar surface area (TPSA) is 20.3 Å². The number of alkyl halides is 1. The number of carbonyl (C=O) groups excluding carboxylic acids is 1. The Morgan fingerprint density at radius 3 is 2.73 bits per heavy atom. The van der Waals surface area contributed by atoms with Gasteiger partial charge in [-0.15, -0.1) is 0 Å². The molecule has 0 aliphatic carbocycles. The predicted octanol–water partition coefficient (Wildman–Crippen LogP) is 2.63. The fourth-order valence-corrected chi connectivity index (χ4v) is 2.23. The molecular weight excluding hydrogens is 261 g/mol. The molecule has 1 heterocycles. The molecule has 1 amide bonds. The minimum atomic E-state index is -0.296. The van der Waals surface area contributed by atoms with Crippen molar-refractivity contribution in [2.75, 3.05) is 11.4 Å². The van der Waals surface area contributed by atoms with Crippen LogP contribution in [0.25, 0.3) is 0 Å². The van der Waals surface area contributed by atoms with E-state index in [1.54, 1.807) is 4.90 Å². The average Bonchev–Trinajstić information content (AvgIpc) is 2.46. The number of hydrogen-bond donors (Lipinski definition) is 0. The van der Waals surface area contributed by atoms with Gasteiger partial charge in [0.25, 0.3) is 0 Å². The summed E-state index contributed by atoms with van der Waals surface area (Å²) in [5.41, 5.74) is 1.48. The lowest BCUT2D eigenvalue weighted by Gasteiger charge is -2.16. The summed E-state index contributed by atoms with van der Waals surface area (Å²) in [5, 5.41) is 0. The summed E-state index contributed by atoms with van der Waals surface area (Å²) in [6.07, 6.45) is 0.772. The maximum absolute atomic E-state index is 13.2. The summed E-state index contributed by atoms with van der Waals surface area (Å²) in [6, 6.07) is 4.68. The molecular formula is C11H11BrFNO. The summed E-state index contributed by atoms with van der Waals surface area (Å²) < 4.78 is 13.2. The number of rotatable bonds is 1. The van der Waals surface area contributed by atoms with Gasteiger partial charge in [0.2, 0.25) is 5.91 Å². The highest BCUT2D eigenvalue weighted by molar-refractivity contribution is 9.10. The van der Waals surface area contributed by atoms with Crippen molar-refractivity contribution in [2.24, 2.45) is 0 Å². The Balaban J connectivity index is 2.34. The van der Waals surface area contributed by atoms with E-state index in [1.165, 1.54) is 12.1 Å². The minimum absolute atomic E-state index is 0.0139. The summed E-state index contributed by atoms with van der Waals surface area (Å²) >= 11 is 3.29. The Morgan fingerprint density at radius 2 is 2.20 bits per heavy atom. The Labute approximate surface area is 96.2 Å². The minimum Gasteiger partial charge on any atom is -0.311 e. The van der Waals surface area contributed by atoms with E-state index in [1.807, 2.05) is 13.0 Å². The smallest absolute Gasteiger partial charge is 0.240 e. The van der Waals surface area contributed by atoms with Crippen molar-refractivity contribution in [2.45, 2.75) is 18.2 Å². The maximum Gasteiger partial charge on any atom is 0.240 e. The predicted molar refractivity (Wildman–Crippen MR) is 60.8 cm³/mol. The standard InChI is InChI=1S/C11H11BrFNO/c1-7-4-8(13)6-9(5-7)14-3-2-10(12)11(14)15/h4-6,10H,2-3H2,1H3. The molecule has 1 aliphatic rings. The first-order valence-corrected chi connectivity index (χ1v) is 5.72. The van der Waals surface area contributed by atoms with Crippen LogP contribution in [0.15, 0.2) is 18.2 Å². The molecule has 1 atom stereocenters. The molecule has 1 aromatic rings. The lowest BCUT2D eigenvalue weighted by atomic mass is 10.2. The molecule has 4 heteroatoms. The molecule has 1 aromatic carbocycles. The fraction of sp³-hybridized carbons (Fsp3) is 0.364. The van der Waals surface area contributed by atoms with Gasteiger partial charge in [0.05, 0.1) is 4.83 Å². The van der Waals surface area contributed by atoms with Crippen LogP contribution in [0.1, 0.15) is 12.0 Å². The van der Waals surface area contributed by atoms with Crippen LogP contribution in [0.2, 0.25) is 0 Å². The van der Waals surface area contributed by atoms with Gasteiger partial charge in [-0.1, -0.05) is 15.9 Å². The quantitative estimate of drug-likeness (QED) is 0.720. The number of aryl methyl sites for hydroxylation is 1. The Hall–Kier alpha value is -0.900. The Morgan fingerprint density at radius 1 is 1.47 bits per heavy atom. The molecule has 0 spiro atoms. The molecule has 80 valence electrons. The summed E-state index contributed by atoms with van der Waals surface area (Å²) in [6.45, 7) is 2.47. The second-order valence-electron chi connectivity index (χ2n) is 3.73. The molecule has 15 heavy (non-hydrogen) atoms. The number of carbonyl (C=O) groups is 1. The van der Waals surface area contributed by atoms with Crippen LogP contribution in [-0.4, -0.2) is 17.3 Å². The van der Waals surface area contributed by atoms with Gasteiger partial charge in [-0.05, 0) is 37.1 Å². The van der Waals surface area contributed by atoms with Crippen LogP contribution in [0.4, 0.5) is 10.1 Å². The van der Waals surface area contributed by atoms with E-state index in [2.05, 4.69) is 15.9 Å². The highest BCUT2D eigenvalue weighted by atomic mass is 79.9. The maximum atomic E-state index is 13.2. The van der Waals surface area contributed by atoms with E-state index in [4.69, 9.17) is 0 Å². The van der Waals surface area contributed by atoms with Gasteiger partial charge < -0.3 is 4.90 Å². The largest absolute Gasteiger partial charge is 0.311 e. The SMILES string of the molecule is Cc1cc(F)cc(N2CCC(Br)C2=O)c1. The molecule has 1 unspecified atom stereocenters. The molecule has 0 saturated carbocycles. The van der Waals surface area contributed by atoms with Crippen molar-refractivity contribution < 1.29 is 9.18 Å². The highest BCUT2D eigenvalue weighted by Gasteiger charge is 2.30. The van der Waals surface area contributed by atoms with Crippen molar-refractivity contribution in [3.8, 4) is 0 Å². The van der Waals surface area contributed by atoms with Crippen LogP contribution in [0.5, 0.6) is 0 Å². The first-order chi connectivity index (χ1) is 7.08. The van der Waals surface area contributed by atoms with Crippen molar-refractivity contribution in [1.82, 2.24) is 0 Å². The lowest BCUT2D eigenvalue weighted by Crippen LogP contribution is -2.27. The first kappa shape index (κ1) is 10.6. The van der Waals surface area contributed by atoms with Gasteiger partial charge in [0.15, 0.2) is 0 Å². The van der Waals surface area contributed by atoms with Gasteiger partial charge in [-0.2, -0.15) is 0 Å². The van der Waals surface area contributed by atoms with Crippen LogP contribution in [0.3, 0.4) is 0 Å². The second kappa shape index (κ2) is 3.93. The van der Waals surface area contributed by atoms with Gasteiger partial charge in [0.1, 0.15) is 5.82 Å². The molecule has 0 radical (unpaired) electrons. The molecule has 2 nitrogen and oxygen atoms in total. The van der Waals surface area contributed by atoms with Crippen molar-refractivity contribution >= 4 is 27.5 Å². The second-order valence-corrected chi connectivity index (χ2v) is 4.84. The van der Waals surface area contributed by atoms with E-state index in [0.717, 1.165) is 12.0 Å². The van der Waals surface area contributed by atoms with Crippen LogP contribution in [-0.2, 0) is 4.79 Å². The molecule has 1 fully saturated rings. The monoisotopic (exact) mass is 271 g/mol. The van der Waals surface area contributed by atoms with Crippen molar-refractivity contribution in [3.63, 3.8) is 0 Å². The van der Waals surface area contributed by atoms with Gasteiger partial charge in [0, 0.05) is 12.2 Å². The molecule has 1 saturated heterocycles. The third-order valence-corrected chi connectivity index (χ3v) is 3.33. The average molecular weight is 272 g/mol. The van der Waals surface area contributed by atoms with Crippen molar-refractivity contribution in [3.05, 3.63) is 29.6 Å². The number of nitrogens with zero attached hydrogens (tertiary/aromatic N) is 1. The number of anilines is 1. The molecule has 0 N–H and O–H groups in total. The third kappa shape index (κ3) is 2.04. The Kier molecular flexibility index (Phi) is 2.78. The summed E-state index contributed by atoms with van der Waals surface area (Å²) in [7, 11) is 0. The molecule has 2 rings (SSSR count). The van der Waals surface area contributed by atoms with E-state index < -0.39 is 0 Å². The highest BCUT2D eigenvalue weighted by Crippen LogP contribution is 2.26. The van der Waals surface area contributed by atoms with Crippen LogP contribution >= 0.6 is 15.9 Å². The number of benzene rings is 1. The normalized spacial score (nSPS) is 21.1. The van der Waals surface area contributed by atoms with Gasteiger partial charge in [-0.3, -0.25) is 4.79 Å². The number of halogens is 2. The third-order valence-electron chi connectivity index (χ3n) is 2.48. The summed E-state index contributed by atoms with van der Waals surface area (Å²) in [5.74, 6) is -0.282. The van der Waals surface area contributed by atoms with Gasteiger partial charge >= 0.3 is 0 Å². The van der Waals surface area contributed by atoms with Crippen molar-refractivity contribution in [1.29, 1.82) is 0 Å². The summed E-state index contributed by atoms with van der Waals surface area (Å²) in [4.78, 5) is 13.2. The number of amides is 1. The van der Waals surface area contributed by atoms with E-state index in [9.17, 15) is 9.18 Å². The molecule has 0 aromatic heterocycles. The first-order valence-electron chi connectivity index (χ1n) is 4.80. The molecule has 1 aliphatic heterocycles. The zero-order valence-electron chi connectivity index (χ0n) is 8.34. The van der Waals surface area contributed by atoms with Crippen LogP contribution < -0.4 is 4.90 Å². The zero-order chi connectivity index (χ0) is 11.0. The van der Waals surface area contributed by atoms with E-state index >= 15 is 0 Å². The zero-order valence-corrected chi connectivity index (χ0v) is 9.92.